The van der Waals surface area contributed by atoms with Crippen LogP contribution in [0.1, 0.15) is 20.8 Å². The van der Waals surface area contributed by atoms with Crippen LogP contribution in [0.25, 0.3) is 0 Å². The van der Waals surface area contributed by atoms with E-state index < -0.39 is 5.79 Å². The lowest BCUT2D eigenvalue weighted by atomic mass is 10.2. The molecule has 4 nitrogen and oxygen atoms in total. The van der Waals surface area contributed by atoms with Gasteiger partial charge in [-0.2, -0.15) is 0 Å². The third-order valence-corrected chi connectivity index (χ3v) is 2.00. The Morgan fingerprint density at radius 1 is 1.54 bits per heavy atom. The first-order chi connectivity index (χ1) is 6.05. The maximum Gasteiger partial charge on any atom is 0.163 e. The fourth-order valence-corrected chi connectivity index (χ4v) is 1.23. The van der Waals surface area contributed by atoms with Gasteiger partial charge in [0.1, 0.15) is 12.9 Å². The van der Waals surface area contributed by atoms with Crippen molar-refractivity contribution in [3.05, 3.63) is 0 Å². The zero-order chi connectivity index (χ0) is 9.90. The minimum Gasteiger partial charge on any atom is -0.359 e. The normalized spacial score (nSPS) is 29.1. The molecule has 1 saturated heterocycles. The molecule has 0 aromatic rings. The summed E-state index contributed by atoms with van der Waals surface area (Å²) in [5.41, 5.74) is 0. The zero-order valence-corrected chi connectivity index (χ0v) is 8.70. The smallest absolute Gasteiger partial charge is 0.163 e. The Morgan fingerprint density at radius 2 is 2.23 bits per heavy atom. The van der Waals surface area contributed by atoms with Gasteiger partial charge < -0.3 is 18.9 Å². The minimum atomic E-state index is -0.477. The molecule has 78 valence electrons. The largest absolute Gasteiger partial charge is 0.359 e. The van der Waals surface area contributed by atoms with Gasteiger partial charge in [0.05, 0.1) is 12.7 Å². The van der Waals surface area contributed by atoms with Crippen molar-refractivity contribution in [2.75, 3.05) is 20.5 Å². The summed E-state index contributed by atoms with van der Waals surface area (Å²) in [6, 6.07) is 0. The quantitative estimate of drug-likeness (QED) is 0.623. The van der Waals surface area contributed by atoms with Gasteiger partial charge >= 0.3 is 0 Å². The summed E-state index contributed by atoms with van der Waals surface area (Å²) >= 11 is 0. The molecule has 0 unspecified atom stereocenters. The van der Waals surface area contributed by atoms with E-state index in [2.05, 4.69) is 0 Å². The van der Waals surface area contributed by atoms with Gasteiger partial charge in [-0.15, -0.1) is 0 Å². The van der Waals surface area contributed by atoms with Crippen LogP contribution < -0.4 is 0 Å². The summed E-state index contributed by atoms with van der Waals surface area (Å²) in [7, 11) is 1.60. The Hall–Kier alpha value is -0.160. The van der Waals surface area contributed by atoms with E-state index in [-0.39, 0.29) is 12.2 Å². The summed E-state index contributed by atoms with van der Waals surface area (Å²) in [5.74, 6) is -0.477. The molecule has 0 radical (unpaired) electrons. The SMILES string of the molecule is COCO[C@@H](C)[C@H]1COC(C)(C)O1. The molecule has 1 heterocycles. The molecule has 0 amide bonds. The van der Waals surface area contributed by atoms with Gasteiger partial charge in [0, 0.05) is 7.11 Å². The standard InChI is InChI=1S/C9H18O4/c1-7(11-6-10-4)8-5-12-9(2,3)13-8/h7-8H,5-6H2,1-4H3/t7-,8+/m0/s1. The highest BCUT2D eigenvalue weighted by molar-refractivity contribution is 4.75. The molecule has 2 atom stereocenters. The molecule has 0 bridgehead atoms. The summed E-state index contributed by atoms with van der Waals surface area (Å²) in [5, 5.41) is 0. The molecule has 1 aliphatic rings. The highest BCUT2D eigenvalue weighted by atomic mass is 16.8. The average molecular weight is 190 g/mol. The highest BCUT2D eigenvalue weighted by Crippen LogP contribution is 2.24. The molecule has 0 aromatic carbocycles. The monoisotopic (exact) mass is 190 g/mol. The second-order valence-corrected chi connectivity index (χ2v) is 3.65. The van der Waals surface area contributed by atoms with Crippen molar-refractivity contribution in [2.24, 2.45) is 0 Å². The Kier molecular flexibility index (Phi) is 3.67. The van der Waals surface area contributed by atoms with Crippen LogP contribution in [0, 0.1) is 0 Å². The van der Waals surface area contributed by atoms with E-state index in [0.29, 0.717) is 13.4 Å². The van der Waals surface area contributed by atoms with E-state index in [1.807, 2.05) is 20.8 Å². The van der Waals surface area contributed by atoms with Crippen LogP contribution in [0.2, 0.25) is 0 Å². The Bertz CT molecular complexity index is 158. The molecule has 0 saturated carbocycles. The number of methoxy groups -OCH3 is 1. The lowest BCUT2D eigenvalue weighted by Gasteiger charge is -2.21. The van der Waals surface area contributed by atoms with Crippen LogP contribution in [0.3, 0.4) is 0 Å². The van der Waals surface area contributed by atoms with E-state index in [9.17, 15) is 0 Å². The van der Waals surface area contributed by atoms with Crippen LogP contribution in [-0.2, 0) is 18.9 Å². The van der Waals surface area contributed by atoms with Crippen molar-refractivity contribution in [1.29, 1.82) is 0 Å². The number of hydrogen-bond acceptors (Lipinski definition) is 4. The second-order valence-electron chi connectivity index (χ2n) is 3.65. The Morgan fingerprint density at radius 3 is 2.69 bits per heavy atom. The van der Waals surface area contributed by atoms with Gasteiger partial charge in [-0.05, 0) is 20.8 Å². The fourth-order valence-electron chi connectivity index (χ4n) is 1.23. The van der Waals surface area contributed by atoms with Crippen molar-refractivity contribution in [3.63, 3.8) is 0 Å². The number of rotatable bonds is 4. The first-order valence-electron chi connectivity index (χ1n) is 4.47. The van der Waals surface area contributed by atoms with E-state index in [4.69, 9.17) is 18.9 Å². The summed E-state index contributed by atoms with van der Waals surface area (Å²) < 4.78 is 21.2. The third kappa shape index (κ3) is 3.23. The summed E-state index contributed by atoms with van der Waals surface area (Å²) in [6.07, 6.45) is 0.00637. The van der Waals surface area contributed by atoms with Crippen molar-refractivity contribution in [1.82, 2.24) is 0 Å². The van der Waals surface area contributed by atoms with Crippen molar-refractivity contribution in [2.45, 2.75) is 38.8 Å². The molecule has 4 heteroatoms. The molecule has 13 heavy (non-hydrogen) atoms. The highest BCUT2D eigenvalue weighted by Gasteiger charge is 2.36. The molecule has 1 fully saturated rings. The van der Waals surface area contributed by atoms with Gasteiger partial charge in [0.2, 0.25) is 0 Å². The van der Waals surface area contributed by atoms with Crippen molar-refractivity contribution in [3.8, 4) is 0 Å². The first kappa shape index (κ1) is 10.9. The summed E-state index contributed by atoms with van der Waals surface area (Å²) in [4.78, 5) is 0. The van der Waals surface area contributed by atoms with Crippen LogP contribution in [0.5, 0.6) is 0 Å². The predicted octanol–water partition coefficient (Wildman–Crippen LogP) is 1.15. The molecule has 1 aliphatic heterocycles. The van der Waals surface area contributed by atoms with E-state index in [0.717, 1.165) is 0 Å². The fraction of sp³-hybridized carbons (Fsp3) is 1.00. The lowest BCUT2D eigenvalue weighted by Crippen LogP contribution is -2.31. The molecular formula is C9H18O4. The van der Waals surface area contributed by atoms with Gasteiger partial charge in [-0.25, -0.2) is 0 Å². The third-order valence-electron chi connectivity index (χ3n) is 2.00. The molecule has 0 aliphatic carbocycles. The van der Waals surface area contributed by atoms with Crippen LogP contribution in [0.15, 0.2) is 0 Å². The van der Waals surface area contributed by atoms with Crippen molar-refractivity contribution >= 4 is 0 Å². The van der Waals surface area contributed by atoms with Gasteiger partial charge in [0.15, 0.2) is 5.79 Å². The molecule has 0 aromatic heterocycles. The lowest BCUT2D eigenvalue weighted by molar-refractivity contribution is -0.165. The van der Waals surface area contributed by atoms with Crippen LogP contribution in [-0.4, -0.2) is 38.5 Å². The van der Waals surface area contributed by atoms with Crippen molar-refractivity contribution < 1.29 is 18.9 Å². The molecule has 0 spiro atoms. The number of ether oxygens (including phenoxy) is 4. The zero-order valence-electron chi connectivity index (χ0n) is 8.70. The number of hydrogen-bond donors (Lipinski definition) is 0. The Balaban J connectivity index is 2.29. The first-order valence-corrected chi connectivity index (χ1v) is 4.47. The van der Waals surface area contributed by atoms with Crippen LogP contribution >= 0.6 is 0 Å². The maximum atomic E-state index is 5.60. The molecule has 1 rings (SSSR count). The summed E-state index contributed by atoms with van der Waals surface area (Å²) in [6.45, 7) is 6.62. The average Bonchev–Trinajstić information content (AvgIpc) is 2.42. The van der Waals surface area contributed by atoms with Gasteiger partial charge in [0.25, 0.3) is 0 Å². The molecular weight excluding hydrogens is 172 g/mol. The second kappa shape index (κ2) is 4.37. The van der Waals surface area contributed by atoms with Crippen LogP contribution in [0.4, 0.5) is 0 Å². The van der Waals surface area contributed by atoms with E-state index in [1.54, 1.807) is 7.11 Å². The van der Waals surface area contributed by atoms with Gasteiger partial charge in [-0.1, -0.05) is 0 Å². The van der Waals surface area contributed by atoms with E-state index >= 15 is 0 Å². The van der Waals surface area contributed by atoms with E-state index in [1.165, 1.54) is 0 Å². The minimum absolute atomic E-state index is 0.00160. The topological polar surface area (TPSA) is 36.9 Å². The predicted molar refractivity (Wildman–Crippen MR) is 47.3 cm³/mol. The van der Waals surface area contributed by atoms with Gasteiger partial charge in [-0.3, -0.25) is 0 Å². The Labute approximate surface area is 79.1 Å². The molecule has 0 N–H and O–H groups in total. The maximum absolute atomic E-state index is 5.60.